The van der Waals surface area contributed by atoms with E-state index in [4.69, 9.17) is 15.6 Å². The van der Waals surface area contributed by atoms with E-state index in [0.717, 1.165) is 49.8 Å². The zero-order valence-electron chi connectivity index (χ0n) is 15.1. The van der Waals surface area contributed by atoms with Gasteiger partial charge in [-0.15, -0.1) is 0 Å². The molecule has 0 unspecified atom stereocenters. The van der Waals surface area contributed by atoms with Crippen molar-refractivity contribution < 1.29 is 14.7 Å². The Morgan fingerprint density at radius 2 is 1.81 bits per heavy atom. The normalized spacial score (nSPS) is 20.0. The van der Waals surface area contributed by atoms with Gasteiger partial charge in [-0.05, 0) is 48.2 Å². The van der Waals surface area contributed by atoms with Gasteiger partial charge in [0.2, 0.25) is 5.91 Å². The third-order valence-corrected chi connectivity index (χ3v) is 4.96. The molecule has 142 valence electrons. The fourth-order valence-corrected chi connectivity index (χ4v) is 3.80. The van der Waals surface area contributed by atoms with Crippen LogP contribution in [-0.2, 0) is 11.3 Å². The number of nitrogens with two attached hydrogens (primary N) is 1. The lowest BCUT2D eigenvalue weighted by atomic mass is 9.83. The molecule has 1 amide bonds. The van der Waals surface area contributed by atoms with Gasteiger partial charge in [0.25, 0.3) is 11.5 Å². The Bertz CT molecular complexity index is 914. The molecule has 3 heterocycles. The summed E-state index contributed by atoms with van der Waals surface area (Å²) in [5.41, 5.74) is 8.77. The molecule has 1 saturated heterocycles. The van der Waals surface area contributed by atoms with Gasteiger partial charge in [0, 0.05) is 43.3 Å². The summed E-state index contributed by atoms with van der Waals surface area (Å²) in [5, 5.41) is 10.9. The van der Waals surface area contributed by atoms with Crippen LogP contribution in [0.25, 0.3) is 11.1 Å². The minimum atomic E-state index is -0.833. The zero-order valence-corrected chi connectivity index (χ0v) is 15.1. The van der Waals surface area contributed by atoms with E-state index in [1.54, 1.807) is 18.2 Å². The number of carbonyl (C=O) groups excluding carboxylic acids is 1. The summed E-state index contributed by atoms with van der Waals surface area (Å²) in [5.74, 6) is -0.318. The maximum Gasteiger partial charge on any atom is 0.300 e. The van der Waals surface area contributed by atoms with Crippen molar-refractivity contribution in [2.24, 2.45) is 11.7 Å². The number of amides is 1. The van der Waals surface area contributed by atoms with E-state index in [9.17, 15) is 9.59 Å². The number of nitrogens with zero attached hydrogens (tertiary/aromatic N) is 1. The van der Waals surface area contributed by atoms with Crippen molar-refractivity contribution in [2.45, 2.75) is 25.8 Å². The number of piperidine rings is 1. The Labute approximate surface area is 156 Å². The molecule has 4 rings (SSSR count). The van der Waals surface area contributed by atoms with Crippen molar-refractivity contribution in [2.75, 3.05) is 13.1 Å². The van der Waals surface area contributed by atoms with Gasteiger partial charge in [-0.1, -0.05) is 12.1 Å². The summed E-state index contributed by atoms with van der Waals surface area (Å²) in [7, 11) is 0. The van der Waals surface area contributed by atoms with E-state index >= 15 is 0 Å². The van der Waals surface area contributed by atoms with Crippen LogP contribution in [-0.4, -0.2) is 34.6 Å². The topological polar surface area (TPSA) is 114 Å². The van der Waals surface area contributed by atoms with Crippen LogP contribution in [0.1, 0.15) is 35.3 Å². The minimum absolute atomic E-state index is 0.0630. The van der Waals surface area contributed by atoms with Crippen molar-refractivity contribution in [3.05, 3.63) is 58.0 Å². The second-order valence-corrected chi connectivity index (χ2v) is 7.04. The van der Waals surface area contributed by atoms with Crippen LogP contribution in [0, 0.1) is 5.92 Å². The number of aromatic nitrogens is 1. The van der Waals surface area contributed by atoms with Crippen LogP contribution in [0.3, 0.4) is 0 Å². The smallest absolute Gasteiger partial charge is 0.300 e. The molecule has 27 heavy (non-hydrogen) atoms. The van der Waals surface area contributed by atoms with E-state index in [1.807, 2.05) is 16.7 Å². The molecule has 0 aliphatic carbocycles. The molecule has 7 nitrogen and oxygen atoms in total. The lowest BCUT2D eigenvalue weighted by Crippen LogP contribution is -2.44. The van der Waals surface area contributed by atoms with E-state index in [-0.39, 0.29) is 5.56 Å². The number of hydrogen-bond donors (Lipinski definition) is 3. The van der Waals surface area contributed by atoms with Gasteiger partial charge in [-0.3, -0.25) is 14.4 Å². The van der Waals surface area contributed by atoms with Crippen LogP contribution in [0.15, 0.2) is 41.2 Å². The van der Waals surface area contributed by atoms with Gasteiger partial charge in [-0.2, -0.15) is 0 Å². The van der Waals surface area contributed by atoms with E-state index in [1.165, 1.54) is 0 Å². The molecule has 2 aliphatic heterocycles. The van der Waals surface area contributed by atoms with Gasteiger partial charge >= 0.3 is 0 Å². The highest BCUT2D eigenvalue weighted by Crippen LogP contribution is 2.33. The number of carboxylic acids is 1. The number of nitrogens with one attached hydrogen (secondary N) is 1. The third-order valence-electron chi connectivity index (χ3n) is 4.96. The number of rotatable bonds is 2. The second-order valence-electron chi connectivity index (χ2n) is 7.04. The highest BCUT2D eigenvalue weighted by Gasteiger charge is 2.31. The van der Waals surface area contributed by atoms with E-state index in [2.05, 4.69) is 11.4 Å². The summed E-state index contributed by atoms with van der Waals surface area (Å²) < 4.78 is 1.93. The predicted octanol–water partition coefficient (Wildman–Crippen LogP) is 1.41. The Morgan fingerprint density at radius 3 is 2.44 bits per heavy atom. The average molecular weight is 369 g/mol. The molecule has 2 atom stereocenters. The number of pyridine rings is 1. The standard InChI is InChI=1S/C18H19N3O2.C2H4O2/c19-18(23)13-3-1-12(2-4-13)14-6-16-15-5-11(8-20-9-15)10-21(16)17(22)7-14;1-2(3)4/h1-4,6-7,11,15,20H,5,8-10H2,(H2,19,23);1H3,(H,3,4)/t11-,15+;/m0./s1. The quantitative estimate of drug-likeness (QED) is 0.740. The third kappa shape index (κ3) is 4.25. The number of hydrogen-bond acceptors (Lipinski definition) is 4. The summed E-state index contributed by atoms with van der Waals surface area (Å²) in [6, 6.07) is 10.9. The molecule has 1 aromatic carbocycles. The van der Waals surface area contributed by atoms with Crippen molar-refractivity contribution in [3.63, 3.8) is 0 Å². The first-order chi connectivity index (χ1) is 12.8. The monoisotopic (exact) mass is 369 g/mol. The number of carbonyl (C=O) groups is 2. The maximum atomic E-state index is 12.5. The highest BCUT2D eigenvalue weighted by atomic mass is 16.4. The molecule has 4 N–H and O–H groups in total. The molecule has 1 fully saturated rings. The zero-order chi connectivity index (χ0) is 19.6. The Morgan fingerprint density at radius 1 is 1.15 bits per heavy atom. The molecule has 0 saturated carbocycles. The fourth-order valence-electron chi connectivity index (χ4n) is 3.80. The van der Waals surface area contributed by atoms with Crippen molar-refractivity contribution >= 4 is 11.9 Å². The lowest BCUT2D eigenvalue weighted by Gasteiger charge is -2.37. The van der Waals surface area contributed by atoms with Crippen LogP contribution < -0.4 is 16.6 Å². The van der Waals surface area contributed by atoms with Crippen molar-refractivity contribution in [1.82, 2.24) is 9.88 Å². The van der Waals surface area contributed by atoms with E-state index in [0.29, 0.717) is 17.4 Å². The van der Waals surface area contributed by atoms with Crippen molar-refractivity contribution in [3.8, 4) is 11.1 Å². The number of aliphatic carboxylic acids is 1. The van der Waals surface area contributed by atoms with Gasteiger partial charge in [-0.25, -0.2) is 0 Å². The highest BCUT2D eigenvalue weighted by molar-refractivity contribution is 5.93. The summed E-state index contributed by atoms with van der Waals surface area (Å²) in [6.45, 7) is 3.82. The molecular formula is C20H23N3O4. The van der Waals surface area contributed by atoms with Crippen LogP contribution in [0.2, 0.25) is 0 Å². The fraction of sp³-hybridized carbons (Fsp3) is 0.350. The number of primary amides is 1. The maximum absolute atomic E-state index is 12.5. The van der Waals surface area contributed by atoms with Gasteiger partial charge in [0.15, 0.2) is 0 Å². The molecule has 0 spiro atoms. The second kappa shape index (κ2) is 7.75. The summed E-state index contributed by atoms with van der Waals surface area (Å²) in [4.78, 5) is 32.7. The largest absolute Gasteiger partial charge is 0.481 e. The van der Waals surface area contributed by atoms with E-state index < -0.39 is 11.9 Å². The first-order valence-corrected chi connectivity index (χ1v) is 8.90. The molecule has 2 bridgehead atoms. The minimum Gasteiger partial charge on any atom is -0.481 e. The molecule has 0 radical (unpaired) electrons. The van der Waals surface area contributed by atoms with Crippen LogP contribution >= 0.6 is 0 Å². The van der Waals surface area contributed by atoms with Gasteiger partial charge in [0.05, 0.1) is 0 Å². The molecule has 7 heteroatoms. The Hall–Kier alpha value is -2.93. The SMILES string of the molecule is CC(=O)O.NC(=O)c1ccc(-c2cc3n(c(=O)c2)C[C@@H]2CNC[C@H]3C2)cc1. The number of carboxylic acid groups (broad SMARTS) is 1. The van der Waals surface area contributed by atoms with Crippen LogP contribution in [0.5, 0.6) is 0 Å². The Kier molecular flexibility index (Phi) is 5.41. The first-order valence-electron chi connectivity index (χ1n) is 8.90. The summed E-state index contributed by atoms with van der Waals surface area (Å²) in [6.07, 6.45) is 1.15. The lowest BCUT2D eigenvalue weighted by molar-refractivity contribution is -0.134. The Balaban J connectivity index is 0.000000481. The molecule has 2 aromatic rings. The van der Waals surface area contributed by atoms with Crippen LogP contribution in [0.4, 0.5) is 0 Å². The van der Waals surface area contributed by atoms with Gasteiger partial charge in [0.1, 0.15) is 0 Å². The average Bonchev–Trinajstić information content (AvgIpc) is 2.62. The molecule has 1 aromatic heterocycles. The molecular weight excluding hydrogens is 346 g/mol. The predicted molar refractivity (Wildman–Crippen MR) is 102 cm³/mol. The molecule has 2 aliphatic rings. The number of benzene rings is 1. The van der Waals surface area contributed by atoms with Gasteiger partial charge < -0.3 is 20.7 Å². The van der Waals surface area contributed by atoms with Crippen molar-refractivity contribution in [1.29, 1.82) is 0 Å². The first kappa shape index (κ1) is 18.8. The number of fused-ring (bicyclic) bond motifs is 4. The summed E-state index contributed by atoms with van der Waals surface area (Å²) >= 11 is 0.